The fraction of sp³-hybridized carbons (Fsp3) is 0.522. The van der Waals surface area contributed by atoms with Crippen molar-refractivity contribution >= 4 is 11.6 Å². The monoisotopic (exact) mass is 421 g/mol. The number of hydrogen-bond donors (Lipinski definition) is 0. The Hall–Kier alpha value is -2.71. The molecule has 0 radical (unpaired) electrons. The van der Waals surface area contributed by atoms with Crippen LogP contribution in [-0.2, 0) is 13.0 Å². The first kappa shape index (κ1) is 20.2. The first-order chi connectivity index (χ1) is 15.1. The lowest BCUT2D eigenvalue weighted by Crippen LogP contribution is -2.45. The van der Waals surface area contributed by atoms with Crippen LogP contribution in [0.15, 0.2) is 30.6 Å². The Morgan fingerprint density at radius 3 is 2.84 bits per heavy atom. The minimum atomic E-state index is 0.333. The standard InChI is InChI=1S/C23H31N7O/c1-27-10-12-29(13-11-27)23-26-21(31-3)14-20-25-18(16-30(20)23)15-28(2)19-8-4-6-17-7-5-9-24-22(17)19/h5,7,9,14,16,19H,4,6,8,10-13,15H2,1-3H3. The van der Waals surface area contributed by atoms with Gasteiger partial charge in [0.2, 0.25) is 11.8 Å². The highest BCUT2D eigenvalue weighted by atomic mass is 16.5. The number of aryl methyl sites for hydroxylation is 1. The first-order valence-electron chi connectivity index (χ1n) is 11.1. The summed E-state index contributed by atoms with van der Waals surface area (Å²) in [5.41, 5.74) is 4.52. The molecule has 0 spiro atoms. The van der Waals surface area contributed by atoms with E-state index in [1.807, 2.05) is 18.3 Å². The van der Waals surface area contributed by atoms with Gasteiger partial charge in [0, 0.05) is 51.2 Å². The zero-order valence-electron chi connectivity index (χ0n) is 18.7. The second kappa shape index (κ2) is 8.43. The van der Waals surface area contributed by atoms with E-state index in [9.17, 15) is 0 Å². The third-order valence-electron chi connectivity index (χ3n) is 6.57. The second-order valence-corrected chi connectivity index (χ2v) is 8.72. The van der Waals surface area contributed by atoms with Crippen LogP contribution < -0.4 is 9.64 Å². The van der Waals surface area contributed by atoms with Gasteiger partial charge in [-0.15, -0.1) is 0 Å². The number of pyridine rings is 1. The molecule has 1 saturated heterocycles. The van der Waals surface area contributed by atoms with Crippen LogP contribution in [0.2, 0.25) is 0 Å². The van der Waals surface area contributed by atoms with Gasteiger partial charge in [-0.2, -0.15) is 4.98 Å². The van der Waals surface area contributed by atoms with E-state index >= 15 is 0 Å². The smallest absolute Gasteiger partial charge is 0.219 e. The molecule has 4 heterocycles. The van der Waals surface area contributed by atoms with Crippen molar-refractivity contribution in [2.45, 2.75) is 31.8 Å². The lowest BCUT2D eigenvalue weighted by Gasteiger charge is -2.33. The van der Waals surface area contributed by atoms with Gasteiger partial charge in [0.25, 0.3) is 0 Å². The van der Waals surface area contributed by atoms with Crippen molar-refractivity contribution in [3.63, 3.8) is 0 Å². The fourth-order valence-electron chi connectivity index (χ4n) is 4.79. The number of anilines is 1. The van der Waals surface area contributed by atoms with Crippen LogP contribution in [0.25, 0.3) is 5.65 Å². The van der Waals surface area contributed by atoms with Gasteiger partial charge >= 0.3 is 0 Å². The van der Waals surface area contributed by atoms with Crippen LogP contribution in [0.1, 0.15) is 35.8 Å². The molecule has 8 nitrogen and oxygen atoms in total. The van der Waals surface area contributed by atoms with Gasteiger partial charge in [0.05, 0.1) is 24.5 Å². The molecule has 5 rings (SSSR count). The summed E-state index contributed by atoms with van der Waals surface area (Å²) in [5, 5.41) is 0. The molecule has 31 heavy (non-hydrogen) atoms. The highest BCUT2D eigenvalue weighted by molar-refractivity contribution is 5.52. The number of aromatic nitrogens is 4. The minimum absolute atomic E-state index is 0.333. The third-order valence-corrected chi connectivity index (χ3v) is 6.57. The number of piperazine rings is 1. The Bertz CT molecular complexity index is 1060. The number of fused-ring (bicyclic) bond motifs is 2. The Morgan fingerprint density at radius 1 is 1.19 bits per heavy atom. The minimum Gasteiger partial charge on any atom is -0.481 e. The van der Waals surface area contributed by atoms with Gasteiger partial charge in [-0.3, -0.25) is 14.3 Å². The van der Waals surface area contributed by atoms with E-state index in [4.69, 9.17) is 19.7 Å². The van der Waals surface area contributed by atoms with E-state index in [2.05, 4.69) is 45.5 Å². The molecular weight excluding hydrogens is 390 g/mol. The summed E-state index contributed by atoms with van der Waals surface area (Å²) in [6, 6.07) is 6.51. The Kier molecular flexibility index (Phi) is 5.50. The lowest BCUT2D eigenvalue weighted by molar-refractivity contribution is 0.206. The molecule has 164 valence electrons. The number of rotatable bonds is 5. The van der Waals surface area contributed by atoms with Crippen molar-refractivity contribution in [3.8, 4) is 5.88 Å². The molecule has 1 atom stereocenters. The van der Waals surface area contributed by atoms with Crippen LogP contribution in [0.3, 0.4) is 0 Å². The fourth-order valence-corrected chi connectivity index (χ4v) is 4.79. The molecule has 3 aromatic rings. The Labute approximate surface area is 183 Å². The van der Waals surface area contributed by atoms with Crippen LogP contribution in [0.5, 0.6) is 5.88 Å². The third kappa shape index (κ3) is 3.97. The van der Waals surface area contributed by atoms with Gasteiger partial charge in [0.1, 0.15) is 5.65 Å². The molecule has 3 aromatic heterocycles. The number of likely N-dealkylation sites (N-methyl/N-ethyl adjacent to an activating group) is 1. The van der Waals surface area contributed by atoms with Crippen LogP contribution in [0.4, 0.5) is 5.95 Å². The van der Waals surface area contributed by atoms with E-state index in [0.29, 0.717) is 11.9 Å². The van der Waals surface area contributed by atoms with Crippen molar-refractivity contribution in [2.24, 2.45) is 0 Å². The molecule has 0 aromatic carbocycles. The normalized spacial score (nSPS) is 19.7. The van der Waals surface area contributed by atoms with Crippen molar-refractivity contribution in [2.75, 3.05) is 52.3 Å². The summed E-state index contributed by atoms with van der Waals surface area (Å²) in [6.07, 6.45) is 7.51. The predicted molar refractivity (Wildman–Crippen MR) is 121 cm³/mol. The highest BCUT2D eigenvalue weighted by Gasteiger charge is 2.26. The van der Waals surface area contributed by atoms with Crippen molar-refractivity contribution in [1.82, 2.24) is 29.2 Å². The molecule has 2 aliphatic rings. The Morgan fingerprint density at radius 2 is 2.03 bits per heavy atom. The second-order valence-electron chi connectivity index (χ2n) is 8.72. The van der Waals surface area contributed by atoms with Gasteiger partial charge < -0.3 is 14.5 Å². The average Bonchev–Trinajstić information content (AvgIpc) is 3.20. The molecule has 1 aliphatic carbocycles. The molecule has 1 fully saturated rings. The average molecular weight is 422 g/mol. The summed E-state index contributed by atoms with van der Waals surface area (Å²) >= 11 is 0. The molecule has 8 heteroatoms. The largest absolute Gasteiger partial charge is 0.481 e. The highest BCUT2D eigenvalue weighted by Crippen LogP contribution is 2.33. The number of hydrogen-bond acceptors (Lipinski definition) is 7. The van der Waals surface area contributed by atoms with E-state index in [-0.39, 0.29) is 0 Å². The summed E-state index contributed by atoms with van der Waals surface area (Å²) < 4.78 is 7.59. The number of ether oxygens (including phenoxy) is 1. The van der Waals surface area contributed by atoms with Crippen LogP contribution in [-0.4, -0.2) is 76.5 Å². The number of nitrogens with zero attached hydrogens (tertiary/aromatic N) is 7. The SMILES string of the molecule is COc1cc2nc(CN(C)C3CCCc4cccnc43)cn2c(N2CCN(C)CC2)n1. The molecule has 0 amide bonds. The first-order valence-corrected chi connectivity index (χ1v) is 11.1. The summed E-state index contributed by atoms with van der Waals surface area (Å²) in [6.45, 7) is 4.72. The maximum Gasteiger partial charge on any atom is 0.219 e. The molecule has 0 bridgehead atoms. The molecule has 1 aliphatic heterocycles. The zero-order valence-corrected chi connectivity index (χ0v) is 18.7. The number of methoxy groups -OCH3 is 1. The zero-order chi connectivity index (χ0) is 21.4. The van der Waals surface area contributed by atoms with E-state index < -0.39 is 0 Å². The van der Waals surface area contributed by atoms with E-state index in [0.717, 1.165) is 62.9 Å². The van der Waals surface area contributed by atoms with Gasteiger partial charge in [-0.05, 0) is 45.0 Å². The van der Waals surface area contributed by atoms with Crippen LogP contribution >= 0.6 is 0 Å². The van der Waals surface area contributed by atoms with E-state index in [1.165, 1.54) is 17.7 Å². The van der Waals surface area contributed by atoms with Gasteiger partial charge in [0.15, 0.2) is 0 Å². The summed E-state index contributed by atoms with van der Waals surface area (Å²) in [4.78, 5) is 21.4. The maximum atomic E-state index is 5.48. The van der Waals surface area contributed by atoms with Crippen molar-refractivity contribution in [1.29, 1.82) is 0 Å². The van der Waals surface area contributed by atoms with E-state index in [1.54, 1.807) is 7.11 Å². The summed E-state index contributed by atoms with van der Waals surface area (Å²) in [5.74, 6) is 1.52. The lowest BCUT2D eigenvalue weighted by atomic mass is 9.91. The number of imidazole rings is 1. The van der Waals surface area contributed by atoms with Crippen molar-refractivity contribution in [3.05, 3.63) is 47.5 Å². The van der Waals surface area contributed by atoms with Gasteiger partial charge in [-0.25, -0.2) is 4.98 Å². The maximum absolute atomic E-state index is 5.48. The van der Waals surface area contributed by atoms with Gasteiger partial charge in [-0.1, -0.05) is 6.07 Å². The molecule has 1 unspecified atom stereocenters. The van der Waals surface area contributed by atoms with Crippen molar-refractivity contribution < 1.29 is 4.74 Å². The molecule has 0 N–H and O–H groups in total. The topological polar surface area (TPSA) is 62.0 Å². The predicted octanol–water partition coefficient (Wildman–Crippen LogP) is 2.39. The molecule has 0 saturated carbocycles. The summed E-state index contributed by atoms with van der Waals surface area (Å²) in [7, 11) is 6.01. The Balaban J connectivity index is 1.43. The molecular formula is C23H31N7O. The quantitative estimate of drug-likeness (QED) is 0.627. The van der Waals surface area contributed by atoms with Crippen LogP contribution in [0, 0.1) is 0 Å².